The van der Waals surface area contributed by atoms with Gasteiger partial charge in [0, 0.05) is 24.5 Å². The van der Waals surface area contributed by atoms with E-state index in [0.717, 1.165) is 17.5 Å². The van der Waals surface area contributed by atoms with E-state index in [1.165, 1.54) is 18.5 Å². The van der Waals surface area contributed by atoms with Gasteiger partial charge in [-0.1, -0.05) is 24.3 Å². The van der Waals surface area contributed by atoms with Crippen molar-refractivity contribution in [1.82, 2.24) is 9.71 Å². The number of pyridine rings is 1. The van der Waals surface area contributed by atoms with Crippen molar-refractivity contribution in [2.75, 3.05) is 0 Å². The number of aryl methyl sites for hydroxylation is 1. The molecule has 1 aromatic carbocycles. The molecule has 1 atom stereocenters. The van der Waals surface area contributed by atoms with E-state index in [4.69, 9.17) is 0 Å². The summed E-state index contributed by atoms with van der Waals surface area (Å²) in [5, 5.41) is 0. The molecule has 6 heteroatoms. The Bertz CT molecular complexity index is 796. The summed E-state index contributed by atoms with van der Waals surface area (Å²) in [6.45, 7) is 0. The molecule has 1 aromatic heterocycles. The van der Waals surface area contributed by atoms with Gasteiger partial charge in [-0.25, -0.2) is 13.1 Å². The van der Waals surface area contributed by atoms with Crippen molar-refractivity contribution >= 4 is 10.0 Å². The quantitative estimate of drug-likeness (QED) is 0.895. The van der Waals surface area contributed by atoms with Gasteiger partial charge in [0.05, 0.1) is 0 Å². The Balaban J connectivity index is 1.93. The number of H-pyrrole nitrogens is 1. The van der Waals surface area contributed by atoms with E-state index >= 15 is 0 Å². The van der Waals surface area contributed by atoms with Crippen molar-refractivity contribution in [3.63, 3.8) is 0 Å². The Morgan fingerprint density at radius 2 is 2.00 bits per heavy atom. The molecule has 5 nitrogen and oxygen atoms in total. The van der Waals surface area contributed by atoms with Crippen LogP contribution in [0.5, 0.6) is 0 Å². The minimum absolute atomic E-state index is 0.246. The van der Waals surface area contributed by atoms with Gasteiger partial charge in [-0.3, -0.25) is 4.79 Å². The fourth-order valence-electron chi connectivity index (χ4n) is 2.54. The van der Waals surface area contributed by atoms with Crippen LogP contribution in [0.15, 0.2) is 52.4 Å². The normalized spacial score (nSPS) is 17.9. The fraction of sp³-hybridized carbons (Fsp3) is 0.214. The minimum atomic E-state index is -3.81. The largest absolute Gasteiger partial charge is 0.366 e. The van der Waals surface area contributed by atoms with Gasteiger partial charge in [0.2, 0.25) is 15.5 Å². The summed E-state index contributed by atoms with van der Waals surface area (Å²) in [6.07, 6.45) is 4.18. The van der Waals surface area contributed by atoms with E-state index in [1.807, 2.05) is 24.3 Å². The van der Waals surface area contributed by atoms with Crippen molar-refractivity contribution < 1.29 is 8.42 Å². The third kappa shape index (κ3) is 2.28. The van der Waals surface area contributed by atoms with Gasteiger partial charge in [0.25, 0.3) is 0 Å². The highest BCUT2D eigenvalue weighted by atomic mass is 32.2. The molecule has 0 fully saturated rings. The smallest absolute Gasteiger partial charge is 0.246 e. The second-order valence-electron chi connectivity index (χ2n) is 4.78. The Hall–Kier alpha value is -1.92. The number of aromatic amines is 1. The highest BCUT2D eigenvalue weighted by Crippen LogP contribution is 2.31. The zero-order valence-corrected chi connectivity index (χ0v) is 11.5. The van der Waals surface area contributed by atoms with Crippen molar-refractivity contribution in [2.45, 2.75) is 23.8 Å². The molecule has 0 aliphatic heterocycles. The Morgan fingerprint density at radius 1 is 1.20 bits per heavy atom. The first kappa shape index (κ1) is 13.1. The monoisotopic (exact) mass is 290 g/mol. The predicted octanol–water partition coefficient (Wildman–Crippen LogP) is 1.34. The van der Waals surface area contributed by atoms with Gasteiger partial charge in [-0.15, -0.1) is 0 Å². The van der Waals surface area contributed by atoms with Crippen LogP contribution in [0.4, 0.5) is 0 Å². The molecule has 0 saturated heterocycles. The summed E-state index contributed by atoms with van der Waals surface area (Å²) in [4.78, 5) is 14.0. The van der Waals surface area contributed by atoms with E-state index in [9.17, 15) is 13.2 Å². The molecule has 0 radical (unpaired) electrons. The lowest BCUT2D eigenvalue weighted by Crippen LogP contribution is -2.30. The molecule has 1 aliphatic rings. The summed E-state index contributed by atoms with van der Waals surface area (Å²) in [7, 11) is -3.81. The summed E-state index contributed by atoms with van der Waals surface area (Å²) >= 11 is 0. The number of rotatable bonds is 3. The van der Waals surface area contributed by atoms with Gasteiger partial charge < -0.3 is 4.98 Å². The number of benzene rings is 1. The number of aromatic nitrogens is 1. The summed E-state index contributed by atoms with van der Waals surface area (Å²) in [5.74, 6) is 0. The van der Waals surface area contributed by atoms with Crippen LogP contribution in [0.1, 0.15) is 23.6 Å². The molecule has 20 heavy (non-hydrogen) atoms. The topological polar surface area (TPSA) is 79.0 Å². The number of fused-ring (bicyclic) bond motifs is 1. The van der Waals surface area contributed by atoms with Crippen molar-refractivity contribution in [2.24, 2.45) is 0 Å². The van der Waals surface area contributed by atoms with Crippen LogP contribution >= 0.6 is 0 Å². The first-order valence-electron chi connectivity index (χ1n) is 6.35. The summed E-state index contributed by atoms with van der Waals surface area (Å²) in [5.41, 5.74) is 1.63. The molecule has 1 heterocycles. The lowest BCUT2D eigenvalue weighted by Gasteiger charge is -2.13. The van der Waals surface area contributed by atoms with Crippen LogP contribution < -0.4 is 10.2 Å². The van der Waals surface area contributed by atoms with Crippen LogP contribution in [-0.4, -0.2) is 13.4 Å². The molecule has 0 amide bonds. The van der Waals surface area contributed by atoms with Crippen molar-refractivity contribution in [3.8, 4) is 0 Å². The van der Waals surface area contributed by atoms with E-state index in [2.05, 4.69) is 9.71 Å². The Kier molecular flexibility index (Phi) is 3.19. The van der Waals surface area contributed by atoms with Gasteiger partial charge in [-0.2, -0.15) is 0 Å². The molecule has 2 aromatic rings. The van der Waals surface area contributed by atoms with Gasteiger partial charge >= 0.3 is 0 Å². The average Bonchev–Trinajstić information content (AvgIpc) is 2.82. The van der Waals surface area contributed by atoms with Crippen LogP contribution in [0.2, 0.25) is 0 Å². The lowest BCUT2D eigenvalue weighted by molar-refractivity contribution is 0.553. The third-order valence-electron chi connectivity index (χ3n) is 3.51. The second kappa shape index (κ2) is 4.88. The molecule has 1 unspecified atom stereocenters. The molecule has 2 N–H and O–H groups in total. The Morgan fingerprint density at radius 3 is 2.80 bits per heavy atom. The molecular formula is C14H14N2O3S. The van der Waals surface area contributed by atoms with Crippen LogP contribution in [0.3, 0.4) is 0 Å². The van der Waals surface area contributed by atoms with Crippen molar-refractivity contribution in [3.05, 3.63) is 64.1 Å². The van der Waals surface area contributed by atoms with Crippen LogP contribution in [-0.2, 0) is 16.4 Å². The van der Waals surface area contributed by atoms with E-state index in [1.54, 1.807) is 0 Å². The summed E-state index contributed by atoms with van der Waals surface area (Å²) in [6, 6.07) is 8.69. The fourth-order valence-corrected chi connectivity index (χ4v) is 3.84. The maximum atomic E-state index is 12.3. The zero-order valence-electron chi connectivity index (χ0n) is 10.7. The molecule has 0 bridgehead atoms. The predicted molar refractivity (Wildman–Crippen MR) is 74.9 cm³/mol. The van der Waals surface area contributed by atoms with E-state index < -0.39 is 15.5 Å². The number of hydrogen-bond donors (Lipinski definition) is 2. The number of sulfonamides is 1. The molecule has 0 saturated carbocycles. The second-order valence-corrected chi connectivity index (χ2v) is 6.47. The SMILES string of the molecule is O=c1cc[nH]cc1S(=O)(=O)NC1CCc2ccccc21. The van der Waals surface area contributed by atoms with E-state index in [-0.39, 0.29) is 10.9 Å². The van der Waals surface area contributed by atoms with Crippen LogP contribution in [0, 0.1) is 0 Å². The minimum Gasteiger partial charge on any atom is -0.366 e. The lowest BCUT2D eigenvalue weighted by atomic mass is 10.1. The third-order valence-corrected chi connectivity index (χ3v) is 5.00. The number of hydrogen-bond acceptors (Lipinski definition) is 3. The highest BCUT2D eigenvalue weighted by Gasteiger charge is 2.28. The maximum absolute atomic E-state index is 12.3. The van der Waals surface area contributed by atoms with Gasteiger partial charge in [-0.05, 0) is 24.0 Å². The first-order chi connectivity index (χ1) is 9.58. The Labute approximate surface area is 116 Å². The standard InChI is InChI=1S/C14H14N2O3S/c17-13-7-8-15-9-14(13)20(18,19)16-12-6-5-10-3-1-2-4-11(10)12/h1-4,7-9,12,16H,5-6H2,(H,15,17). The highest BCUT2D eigenvalue weighted by molar-refractivity contribution is 7.89. The molecule has 0 spiro atoms. The summed E-state index contributed by atoms with van der Waals surface area (Å²) < 4.78 is 27.2. The zero-order chi connectivity index (χ0) is 14.2. The first-order valence-corrected chi connectivity index (χ1v) is 7.83. The molecule has 3 rings (SSSR count). The van der Waals surface area contributed by atoms with Crippen LogP contribution in [0.25, 0.3) is 0 Å². The number of nitrogens with one attached hydrogen (secondary N) is 2. The maximum Gasteiger partial charge on any atom is 0.246 e. The molecule has 104 valence electrons. The van der Waals surface area contributed by atoms with Crippen molar-refractivity contribution in [1.29, 1.82) is 0 Å². The van der Waals surface area contributed by atoms with Gasteiger partial charge in [0.1, 0.15) is 4.90 Å². The molecular weight excluding hydrogens is 276 g/mol. The van der Waals surface area contributed by atoms with E-state index in [0.29, 0.717) is 6.42 Å². The molecule has 1 aliphatic carbocycles. The van der Waals surface area contributed by atoms with Gasteiger partial charge in [0.15, 0.2) is 0 Å². The average molecular weight is 290 g/mol.